The fraction of sp³-hybridized carbons (Fsp3) is 0.455. The SMILES string of the molecule is CCn1ncnc1CC(NC)c1cc(Cl)sc1Cl. The standard InChI is InChI=1S/C11H14Cl2N4S/c1-3-17-10(15-6-16-17)5-8(14-2)7-4-9(12)18-11(7)13/h4,6,8,14H,3,5H2,1-2H3. The summed E-state index contributed by atoms with van der Waals surface area (Å²) in [6.07, 6.45) is 2.31. The van der Waals surface area contributed by atoms with Crippen molar-refractivity contribution < 1.29 is 0 Å². The minimum Gasteiger partial charge on any atom is -0.313 e. The van der Waals surface area contributed by atoms with Crippen LogP contribution in [0.1, 0.15) is 24.4 Å². The average Bonchev–Trinajstić information content (AvgIpc) is 2.92. The molecule has 0 saturated carbocycles. The molecule has 2 rings (SSSR count). The normalized spacial score (nSPS) is 12.9. The molecule has 18 heavy (non-hydrogen) atoms. The van der Waals surface area contributed by atoms with Crippen molar-refractivity contribution in [3.8, 4) is 0 Å². The van der Waals surface area contributed by atoms with Crippen molar-refractivity contribution in [2.24, 2.45) is 0 Å². The lowest BCUT2D eigenvalue weighted by Crippen LogP contribution is -2.20. The van der Waals surface area contributed by atoms with Crippen LogP contribution >= 0.6 is 34.5 Å². The lowest BCUT2D eigenvalue weighted by Gasteiger charge is -2.15. The second kappa shape index (κ2) is 6.02. The van der Waals surface area contributed by atoms with Gasteiger partial charge in [-0.15, -0.1) is 11.3 Å². The number of aromatic nitrogens is 3. The Balaban J connectivity index is 2.22. The molecule has 1 N–H and O–H groups in total. The molecule has 1 unspecified atom stereocenters. The quantitative estimate of drug-likeness (QED) is 0.922. The molecule has 0 aliphatic carbocycles. The van der Waals surface area contributed by atoms with Gasteiger partial charge in [-0.25, -0.2) is 4.98 Å². The molecule has 0 spiro atoms. The third kappa shape index (κ3) is 2.85. The van der Waals surface area contributed by atoms with Crippen LogP contribution in [0, 0.1) is 0 Å². The number of hydrogen-bond donors (Lipinski definition) is 1. The maximum absolute atomic E-state index is 6.18. The van der Waals surface area contributed by atoms with Crippen LogP contribution in [0.5, 0.6) is 0 Å². The zero-order valence-corrected chi connectivity index (χ0v) is 12.5. The van der Waals surface area contributed by atoms with Crippen molar-refractivity contribution in [3.05, 3.63) is 32.5 Å². The highest BCUT2D eigenvalue weighted by Crippen LogP contribution is 2.35. The second-order valence-corrected chi connectivity index (χ2v) is 6.10. The van der Waals surface area contributed by atoms with E-state index in [0.29, 0.717) is 4.34 Å². The molecule has 1 atom stereocenters. The van der Waals surface area contributed by atoms with Gasteiger partial charge in [0.2, 0.25) is 0 Å². The molecule has 0 aromatic carbocycles. The predicted molar refractivity (Wildman–Crippen MR) is 75.5 cm³/mol. The lowest BCUT2D eigenvalue weighted by molar-refractivity contribution is 0.535. The van der Waals surface area contributed by atoms with Crippen LogP contribution in [0.4, 0.5) is 0 Å². The largest absolute Gasteiger partial charge is 0.313 e. The highest BCUT2D eigenvalue weighted by molar-refractivity contribution is 7.20. The molecule has 0 amide bonds. The number of hydrogen-bond acceptors (Lipinski definition) is 4. The Bertz CT molecular complexity index is 523. The third-order valence-electron chi connectivity index (χ3n) is 2.79. The zero-order chi connectivity index (χ0) is 13.1. The minimum absolute atomic E-state index is 0.0933. The van der Waals surface area contributed by atoms with Crippen molar-refractivity contribution in [3.63, 3.8) is 0 Å². The molecular weight excluding hydrogens is 291 g/mol. The molecule has 0 aliphatic rings. The average molecular weight is 305 g/mol. The predicted octanol–water partition coefficient (Wildman–Crippen LogP) is 3.17. The van der Waals surface area contributed by atoms with Gasteiger partial charge in [-0.05, 0) is 20.0 Å². The van der Waals surface area contributed by atoms with Crippen molar-refractivity contribution in [2.45, 2.75) is 25.9 Å². The number of halogens is 2. The Morgan fingerprint density at radius 2 is 2.28 bits per heavy atom. The first-order chi connectivity index (χ1) is 8.65. The summed E-state index contributed by atoms with van der Waals surface area (Å²) in [6.45, 7) is 2.85. The number of thiophene rings is 1. The summed E-state index contributed by atoms with van der Waals surface area (Å²) in [4.78, 5) is 4.28. The van der Waals surface area contributed by atoms with Gasteiger partial charge in [-0.2, -0.15) is 5.10 Å². The summed E-state index contributed by atoms with van der Waals surface area (Å²) >= 11 is 13.5. The highest BCUT2D eigenvalue weighted by atomic mass is 35.5. The molecule has 0 radical (unpaired) electrons. The molecule has 0 bridgehead atoms. The van der Waals surface area contributed by atoms with Gasteiger partial charge in [-0.1, -0.05) is 23.2 Å². The first-order valence-electron chi connectivity index (χ1n) is 5.64. The van der Waals surface area contributed by atoms with Gasteiger partial charge in [-0.3, -0.25) is 4.68 Å². The van der Waals surface area contributed by atoms with Crippen molar-refractivity contribution in [2.75, 3.05) is 7.05 Å². The number of nitrogens with zero attached hydrogens (tertiary/aromatic N) is 3. The van der Waals surface area contributed by atoms with E-state index in [1.807, 2.05) is 24.7 Å². The van der Waals surface area contributed by atoms with Gasteiger partial charge < -0.3 is 5.32 Å². The van der Waals surface area contributed by atoms with E-state index in [4.69, 9.17) is 23.2 Å². The van der Waals surface area contributed by atoms with Gasteiger partial charge in [0.25, 0.3) is 0 Å². The maximum atomic E-state index is 6.18. The van der Waals surface area contributed by atoms with E-state index < -0.39 is 0 Å². The molecule has 2 aromatic rings. The number of rotatable bonds is 5. The molecule has 0 fully saturated rings. The van der Waals surface area contributed by atoms with Gasteiger partial charge in [0.05, 0.1) is 8.67 Å². The fourth-order valence-corrected chi connectivity index (χ4v) is 3.43. The molecule has 2 aromatic heterocycles. The van der Waals surface area contributed by atoms with E-state index in [9.17, 15) is 0 Å². The summed E-state index contributed by atoms with van der Waals surface area (Å²) in [5.41, 5.74) is 1.01. The van der Waals surface area contributed by atoms with Gasteiger partial charge in [0, 0.05) is 24.6 Å². The summed E-state index contributed by atoms with van der Waals surface area (Å²) in [6, 6.07) is 2.00. The van der Waals surface area contributed by atoms with E-state index >= 15 is 0 Å². The molecule has 0 saturated heterocycles. The van der Waals surface area contributed by atoms with Crippen LogP contribution < -0.4 is 5.32 Å². The highest BCUT2D eigenvalue weighted by Gasteiger charge is 2.18. The Kier molecular flexibility index (Phi) is 4.61. The number of aryl methyl sites for hydroxylation is 1. The van der Waals surface area contributed by atoms with E-state index in [0.717, 1.165) is 28.7 Å². The lowest BCUT2D eigenvalue weighted by atomic mass is 10.1. The summed E-state index contributed by atoms with van der Waals surface area (Å²) in [7, 11) is 1.90. The Morgan fingerprint density at radius 3 is 2.83 bits per heavy atom. The van der Waals surface area contributed by atoms with E-state index in [1.165, 1.54) is 11.3 Å². The minimum atomic E-state index is 0.0933. The van der Waals surface area contributed by atoms with Crippen LogP contribution in [0.25, 0.3) is 0 Å². The van der Waals surface area contributed by atoms with E-state index in [-0.39, 0.29) is 6.04 Å². The molecule has 4 nitrogen and oxygen atoms in total. The first kappa shape index (κ1) is 13.8. The van der Waals surface area contributed by atoms with E-state index in [2.05, 4.69) is 15.4 Å². The second-order valence-electron chi connectivity index (χ2n) is 3.82. The molecule has 7 heteroatoms. The fourth-order valence-electron chi connectivity index (χ4n) is 1.85. The van der Waals surface area contributed by atoms with Crippen LogP contribution in [0.3, 0.4) is 0 Å². The number of nitrogens with one attached hydrogen (secondary N) is 1. The van der Waals surface area contributed by atoms with Crippen molar-refractivity contribution in [1.82, 2.24) is 20.1 Å². The third-order valence-corrected chi connectivity index (χ3v) is 4.31. The van der Waals surface area contributed by atoms with Gasteiger partial charge in [0.1, 0.15) is 12.2 Å². The zero-order valence-electron chi connectivity index (χ0n) is 10.2. The summed E-state index contributed by atoms with van der Waals surface area (Å²) < 4.78 is 3.31. The van der Waals surface area contributed by atoms with Gasteiger partial charge in [0.15, 0.2) is 0 Å². The van der Waals surface area contributed by atoms with Crippen LogP contribution in [-0.4, -0.2) is 21.8 Å². The van der Waals surface area contributed by atoms with Crippen molar-refractivity contribution in [1.29, 1.82) is 0 Å². The smallest absolute Gasteiger partial charge is 0.138 e. The molecule has 98 valence electrons. The molecule has 0 aliphatic heterocycles. The summed E-state index contributed by atoms with van der Waals surface area (Å²) in [5.74, 6) is 0.940. The molecular formula is C11H14Cl2N4S. The topological polar surface area (TPSA) is 42.7 Å². The maximum Gasteiger partial charge on any atom is 0.138 e. The number of likely N-dealkylation sites (N-methyl/N-ethyl adjacent to an activating group) is 1. The first-order valence-corrected chi connectivity index (χ1v) is 7.21. The molecule has 2 heterocycles. The van der Waals surface area contributed by atoms with Crippen LogP contribution in [0.15, 0.2) is 12.4 Å². The Hall–Kier alpha value is -0.620. The Morgan fingerprint density at radius 1 is 1.50 bits per heavy atom. The van der Waals surface area contributed by atoms with Gasteiger partial charge >= 0.3 is 0 Å². The summed E-state index contributed by atoms with van der Waals surface area (Å²) in [5, 5.41) is 7.41. The van der Waals surface area contributed by atoms with Crippen LogP contribution in [-0.2, 0) is 13.0 Å². The Labute approximate surface area is 120 Å². The monoisotopic (exact) mass is 304 g/mol. The van der Waals surface area contributed by atoms with Crippen molar-refractivity contribution >= 4 is 34.5 Å². The van der Waals surface area contributed by atoms with Crippen LogP contribution in [0.2, 0.25) is 8.67 Å². The van der Waals surface area contributed by atoms with E-state index in [1.54, 1.807) is 6.33 Å².